The lowest BCUT2D eigenvalue weighted by molar-refractivity contribution is 0.0747. The van der Waals surface area contributed by atoms with Gasteiger partial charge >= 0.3 is 0 Å². The molecule has 6 nitrogen and oxygen atoms in total. The molecule has 0 bridgehead atoms. The van der Waals surface area contributed by atoms with Crippen LogP contribution < -0.4 is 9.21 Å². The zero-order valence-corrected chi connectivity index (χ0v) is 21.0. The Morgan fingerprint density at radius 1 is 0.882 bits per heavy atom. The van der Waals surface area contributed by atoms with E-state index in [1.165, 1.54) is 10.6 Å². The molecule has 4 rings (SSSR count). The number of halogens is 2. The fourth-order valence-corrected chi connectivity index (χ4v) is 5.15. The maximum Gasteiger partial charge on any atom is 0.253 e. The highest BCUT2D eigenvalue weighted by molar-refractivity contribution is 7.92. The van der Waals surface area contributed by atoms with Crippen molar-refractivity contribution in [3.05, 3.63) is 94.0 Å². The minimum atomic E-state index is -3.53. The highest BCUT2D eigenvalue weighted by Gasteiger charge is 2.23. The number of sulfonamides is 1. The van der Waals surface area contributed by atoms with Crippen molar-refractivity contribution in [3.63, 3.8) is 0 Å². The molecule has 9 heteroatoms. The zero-order chi connectivity index (χ0) is 24.3. The van der Waals surface area contributed by atoms with Crippen LogP contribution in [0.4, 0.5) is 11.4 Å². The molecule has 1 heterocycles. The van der Waals surface area contributed by atoms with Crippen LogP contribution in [0.25, 0.3) is 0 Å². The summed E-state index contributed by atoms with van der Waals surface area (Å²) in [5, 5.41) is 1.28. The Morgan fingerprint density at radius 2 is 1.53 bits per heavy atom. The van der Waals surface area contributed by atoms with Crippen LogP contribution in [-0.2, 0) is 16.6 Å². The van der Waals surface area contributed by atoms with Crippen LogP contribution in [-0.4, -0.2) is 51.7 Å². The zero-order valence-electron chi connectivity index (χ0n) is 18.7. The third-order valence-corrected chi connectivity index (χ3v) is 7.41. The van der Waals surface area contributed by atoms with Gasteiger partial charge in [0.25, 0.3) is 5.91 Å². The lowest BCUT2D eigenvalue weighted by atomic mass is 10.1. The summed E-state index contributed by atoms with van der Waals surface area (Å²) in [5.74, 6) is -0.0686. The molecule has 0 saturated carbocycles. The van der Waals surface area contributed by atoms with Gasteiger partial charge in [-0.15, -0.1) is 0 Å². The molecule has 3 aromatic carbocycles. The summed E-state index contributed by atoms with van der Waals surface area (Å²) in [7, 11) is -3.53. The molecule has 1 saturated heterocycles. The van der Waals surface area contributed by atoms with Crippen LogP contribution in [0.3, 0.4) is 0 Å². The minimum absolute atomic E-state index is 0.0686. The van der Waals surface area contributed by atoms with Crippen molar-refractivity contribution in [2.75, 3.05) is 41.6 Å². The predicted octanol–water partition coefficient (Wildman–Crippen LogP) is 4.92. The third-order valence-electron chi connectivity index (χ3n) is 5.78. The summed E-state index contributed by atoms with van der Waals surface area (Å²) < 4.78 is 26.2. The van der Waals surface area contributed by atoms with Gasteiger partial charge in [-0.3, -0.25) is 9.10 Å². The van der Waals surface area contributed by atoms with Gasteiger partial charge in [0.1, 0.15) is 0 Å². The van der Waals surface area contributed by atoms with Gasteiger partial charge in [0.2, 0.25) is 10.0 Å². The summed E-state index contributed by atoms with van der Waals surface area (Å²) in [4.78, 5) is 17.1. The second kappa shape index (κ2) is 10.3. The number of rotatable bonds is 6. The number of carbonyl (C=O) groups excluding carboxylic acids is 1. The molecule has 0 aliphatic carbocycles. The van der Waals surface area contributed by atoms with Gasteiger partial charge in [-0.2, -0.15) is 0 Å². The van der Waals surface area contributed by atoms with E-state index in [1.807, 2.05) is 29.2 Å². The average Bonchev–Trinajstić information content (AvgIpc) is 2.83. The third kappa shape index (κ3) is 5.84. The fraction of sp³-hybridized carbons (Fsp3) is 0.240. The van der Waals surface area contributed by atoms with Crippen molar-refractivity contribution in [1.29, 1.82) is 0 Å². The summed E-state index contributed by atoms with van der Waals surface area (Å²) in [6.45, 7) is 2.80. The Bertz CT molecular complexity index is 1260. The highest BCUT2D eigenvalue weighted by Crippen LogP contribution is 2.24. The summed E-state index contributed by atoms with van der Waals surface area (Å²) in [6.07, 6.45) is 1.17. The van der Waals surface area contributed by atoms with Gasteiger partial charge in [0, 0.05) is 47.5 Å². The van der Waals surface area contributed by atoms with Crippen molar-refractivity contribution >= 4 is 50.5 Å². The largest absolute Gasteiger partial charge is 0.368 e. The van der Waals surface area contributed by atoms with Crippen LogP contribution in [0.5, 0.6) is 0 Å². The van der Waals surface area contributed by atoms with E-state index >= 15 is 0 Å². The second-order valence-electron chi connectivity index (χ2n) is 8.20. The lowest BCUT2D eigenvalue weighted by Gasteiger charge is -2.36. The van der Waals surface area contributed by atoms with E-state index in [-0.39, 0.29) is 12.5 Å². The van der Waals surface area contributed by atoms with E-state index < -0.39 is 10.0 Å². The van der Waals surface area contributed by atoms with Gasteiger partial charge in [0.05, 0.1) is 18.5 Å². The number of piperazine rings is 1. The quantitative estimate of drug-likeness (QED) is 0.465. The number of anilines is 2. The molecule has 1 aliphatic heterocycles. The number of amides is 1. The molecule has 178 valence electrons. The van der Waals surface area contributed by atoms with Crippen molar-refractivity contribution in [3.8, 4) is 0 Å². The van der Waals surface area contributed by atoms with Crippen LogP contribution in [0.1, 0.15) is 15.9 Å². The molecule has 0 spiro atoms. The number of hydrogen-bond donors (Lipinski definition) is 0. The normalized spacial score (nSPS) is 14.2. The number of nitrogens with zero attached hydrogens (tertiary/aromatic N) is 3. The SMILES string of the molecule is CS(=O)(=O)N(Cc1ccc(Cl)cc1)c1ccc(C(=O)N2CCN(c3cccc(Cl)c3)CC2)cc1. The van der Waals surface area contributed by atoms with E-state index in [1.54, 1.807) is 48.5 Å². The van der Waals surface area contributed by atoms with Gasteiger partial charge in [-0.1, -0.05) is 41.4 Å². The molecule has 1 amide bonds. The smallest absolute Gasteiger partial charge is 0.253 e. The van der Waals surface area contributed by atoms with Crippen molar-refractivity contribution < 1.29 is 13.2 Å². The van der Waals surface area contributed by atoms with Gasteiger partial charge in [0.15, 0.2) is 0 Å². The molecule has 1 aliphatic rings. The molecular formula is C25H25Cl2N3O3S. The second-order valence-corrected chi connectivity index (χ2v) is 11.0. The Kier molecular flexibility index (Phi) is 7.36. The van der Waals surface area contributed by atoms with E-state index in [0.717, 1.165) is 11.3 Å². The van der Waals surface area contributed by atoms with E-state index in [4.69, 9.17) is 23.2 Å². The highest BCUT2D eigenvalue weighted by atomic mass is 35.5. The fourth-order valence-electron chi connectivity index (χ4n) is 3.95. The molecule has 0 unspecified atom stereocenters. The van der Waals surface area contributed by atoms with Crippen molar-refractivity contribution in [2.24, 2.45) is 0 Å². The van der Waals surface area contributed by atoms with Gasteiger partial charge in [-0.05, 0) is 60.2 Å². The molecule has 0 aromatic heterocycles. The topological polar surface area (TPSA) is 60.9 Å². The first kappa shape index (κ1) is 24.4. The standard InChI is InChI=1S/C25H25Cl2N3O3S/c1-34(32,33)30(18-19-5-9-21(26)10-6-19)23-11-7-20(8-12-23)25(31)29-15-13-28(14-16-29)24-4-2-3-22(27)17-24/h2-12,17H,13-16,18H2,1H3. The maximum absolute atomic E-state index is 13.0. The van der Waals surface area contributed by atoms with Crippen molar-refractivity contribution in [2.45, 2.75) is 6.54 Å². The predicted molar refractivity (Wildman–Crippen MR) is 138 cm³/mol. The molecule has 3 aromatic rings. The van der Waals surface area contributed by atoms with Crippen LogP contribution in [0, 0.1) is 0 Å². The monoisotopic (exact) mass is 517 g/mol. The molecule has 1 fully saturated rings. The minimum Gasteiger partial charge on any atom is -0.368 e. The summed E-state index contributed by atoms with van der Waals surface area (Å²) in [5.41, 5.74) is 2.89. The molecule has 0 atom stereocenters. The number of benzene rings is 3. The Morgan fingerprint density at radius 3 is 2.12 bits per heavy atom. The van der Waals surface area contributed by atoms with Crippen LogP contribution in [0.15, 0.2) is 72.8 Å². The van der Waals surface area contributed by atoms with Crippen molar-refractivity contribution in [1.82, 2.24) is 4.90 Å². The first-order valence-electron chi connectivity index (χ1n) is 10.8. The summed E-state index contributed by atoms with van der Waals surface area (Å²) >= 11 is 12.0. The average molecular weight is 518 g/mol. The van der Waals surface area contributed by atoms with E-state index in [2.05, 4.69) is 4.90 Å². The lowest BCUT2D eigenvalue weighted by Crippen LogP contribution is -2.48. The van der Waals surface area contributed by atoms with Gasteiger partial charge < -0.3 is 9.80 Å². The van der Waals surface area contributed by atoms with Gasteiger partial charge in [-0.25, -0.2) is 8.42 Å². The Balaban J connectivity index is 1.43. The number of hydrogen-bond acceptors (Lipinski definition) is 4. The van der Waals surface area contributed by atoms with E-state index in [0.29, 0.717) is 47.5 Å². The first-order valence-corrected chi connectivity index (χ1v) is 13.4. The molecule has 0 N–H and O–H groups in total. The maximum atomic E-state index is 13.0. The van der Waals surface area contributed by atoms with Crippen LogP contribution >= 0.6 is 23.2 Å². The summed E-state index contributed by atoms with van der Waals surface area (Å²) in [6, 6.07) is 21.5. The Labute approximate surface area is 210 Å². The molecular weight excluding hydrogens is 493 g/mol. The molecule has 34 heavy (non-hydrogen) atoms. The van der Waals surface area contributed by atoms with Crippen LogP contribution in [0.2, 0.25) is 10.0 Å². The first-order chi connectivity index (χ1) is 16.2. The molecule has 0 radical (unpaired) electrons. The Hall–Kier alpha value is -2.74. The van der Waals surface area contributed by atoms with E-state index in [9.17, 15) is 13.2 Å². The number of carbonyl (C=O) groups is 1.